The van der Waals surface area contributed by atoms with Crippen LogP contribution in [0.15, 0.2) is 17.2 Å². The Morgan fingerprint density at radius 1 is 1.44 bits per heavy atom. The number of hydrogen-bond donors (Lipinski definition) is 1. The first-order valence-electron chi connectivity index (χ1n) is 6.35. The molecule has 0 aliphatic heterocycles. The van der Waals surface area contributed by atoms with Crippen LogP contribution < -0.4 is 10.9 Å². The third kappa shape index (κ3) is 3.57. The lowest BCUT2D eigenvalue weighted by Gasteiger charge is -2.32. The third-order valence-electron chi connectivity index (χ3n) is 3.28. The molecule has 0 saturated carbocycles. The Kier molecular flexibility index (Phi) is 4.90. The molecule has 1 aromatic heterocycles. The second-order valence-electron chi connectivity index (χ2n) is 5.33. The van der Waals surface area contributed by atoms with E-state index in [4.69, 9.17) is 0 Å². The number of likely N-dealkylation sites (N-methyl/N-ethyl adjacent to an activating group) is 1. The van der Waals surface area contributed by atoms with Crippen molar-refractivity contribution in [3.63, 3.8) is 0 Å². The molecule has 0 spiro atoms. The van der Waals surface area contributed by atoms with E-state index in [0.717, 1.165) is 13.0 Å². The Morgan fingerprint density at radius 3 is 2.67 bits per heavy atom. The van der Waals surface area contributed by atoms with Gasteiger partial charge in [-0.2, -0.15) is 0 Å². The highest BCUT2D eigenvalue weighted by atomic mass is 16.1. The highest BCUT2D eigenvalue weighted by Gasteiger charge is 2.20. The molecule has 0 radical (unpaired) electrons. The van der Waals surface area contributed by atoms with E-state index < -0.39 is 0 Å². The molecule has 0 fully saturated rings. The zero-order valence-electron chi connectivity index (χ0n) is 12.0. The molecule has 0 aliphatic carbocycles. The number of anilines is 1. The second-order valence-corrected chi connectivity index (χ2v) is 5.33. The summed E-state index contributed by atoms with van der Waals surface area (Å²) < 4.78 is 1.69. The summed E-state index contributed by atoms with van der Waals surface area (Å²) in [5.41, 5.74) is -0.0755. The van der Waals surface area contributed by atoms with E-state index in [1.54, 1.807) is 17.0 Å². The van der Waals surface area contributed by atoms with Crippen molar-refractivity contribution < 1.29 is 0 Å². The largest absolute Gasteiger partial charge is 0.364 e. The predicted octanol–water partition coefficient (Wildman–Crippen LogP) is 1.41. The minimum absolute atomic E-state index is 0.0282. The van der Waals surface area contributed by atoms with Gasteiger partial charge in [-0.05, 0) is 34.4 Å². The maximum absolute atomic E-state index is 12.1. The van der Waals surface area contributed by atoms with Crippen molar-refractivity contribution in [2.24, 2.45) is 0 Å². The first-order chi connectivity index (χ1) is 8.38. The van der Waals surface area contributed by atoms with Crippen molar-refractivity contribution in [3.8, 4) is 0 Å². The van der Waals surface area contributed by atoms with E-state index in [1.807, 2.05) is 14.1 Å². The molecular formula is C13H24N4O. The van der Waals surface area contributed by atoms with Crippen LogP contribution in [-0.2, 0) is 6.54 Å². The quantitative estimate of drug-likeness (QED) is 0.831. The SMILES string of the molecule is CCCn1ccnc(NCC(C)(C)N(C)C)c1=O. The molecule has 0 amide bonds. The predicted molar refractivity (Wildman–Crippen MR) is 75.0 cm³/mol. The smallest absolute Gasteiger partial charge is 0.293 e. The van der Waals surface area contributed by atoms with Crippen molar-refractivity contribution in [1.29, 1.82) is 0 Å². The van der Waals surface area contributed by atoms with Crippen LogP contribution in [0.1, 0.15) is 27.2 Å². The molecule has 0 aliphatic rings. The molecule has 5 nitrogen and oxygen atoms in total. The van der Waals surface area contributed by atoms with Crippen LogP contribution >= 0.6 is 0 Å². The molecule has 0 bridgehead atoms. The monoisotopic (exact) mass is 252 g/mol. The van der Waals surface area contributed by atoms with Crippen molar-refractivity contribution in [2.75, 3.05) is 26.0 Å². The molecule has 0 aromatic carbocycles. The summed E-state index contributed by atoms with van der Waals surface area (Å²) in [6.07, 6.45) is 4.34. The van der Waals surface area contributed by atoms with E-state index in [1.165, 1.54) is 0 Å². The highest BCUT2D eigenvalue weighted by Crippen LogP contribution is 2.09. The molecule has 0 atom stereocenters. The normalized spacial score (nSPS) is 11.9. The average Bonchev–Trinajstić information content (AvgIpc) is 2.30. The Labute approximate surface area is 109 Å². The summed E-state index contributed by atoms with van der Waals surface area (Å²) in [7, 11) is 4.05. The van der Waals surface area contributed by atoms with Gasteiger partial charge in [0.1, 0.15) is 0 Å². The molecule has 102 valence electrons. The summed E-state index contributed by atoms with van der Waals surface area (Å²) in [5.74, 6) is 0.431. The first-order valence-corrected chi connectivity index (χ1v) is 6.35. The fourth-order valence-corrected chi connectivity index (χ4v) is 1.44. The molecule has 1 N–H and O–H groups in total. The fraction of sp³-hybridized carbons (Fsp3) is 0.692. The Hall–Kier alpha value is -1.36. The van der Waals surface area contributed by atoms with Gasteiger partial charge in [-0.25, -0.2) is 4.98 Å². The van der Waals surface area contributed by atoms with E-state index >= 15 is 0 Å². The molecule has 0 unspecified atom stereocenters. The van der Waals surface area contributed by atoms with Crippen LogP contribution in [0.4, 0.5) is 5.82 Å². The lowest BCUT2D eigenvalue weighted by Crippen LogP contribution is -2.45. The van der Waals surface area contributed by atoms with Gasteiger partial charge in [0.15, 0.2) is 5.82 Å². The van der Waals surface area contributed by atoms with E-state index in [-0.39, 0.29) is 11.1 Å². The zero-order chi connectivity index (χ0) is 13.8. The third-order valence-corrected chi connectivity index (χ3v) is 3.28. The molecule has 1 heterocycles. The zero-order valence-corrected chi connectivity index (χ0v) is 12.0. The highest BCUT2D eigenvalue weighted by molar-refractivity contribution is 5.31. The van der Waals surface area contributed by atoms with E-state index in [9.17, 15) is 4.79 Å². The van der Waals surface area contributed by atoms with Gasteiger partial charge in [-0.15, -0.1) is 0 Å². The van der Waals surface area contributed by atoms with Gasteiger partial charge in [-0.3, -0.25) is 4.79 Å². The molecule has 5 heteroatoms. The summed E-state index contributed by atoms with van der Waals surface area (Å²) >= 11 is 0. The second kappa shape index (κ2) is 6.00. The van der Waals surface area contributed by atoms with Gasteiger partial charge in [0.2, 0.25) is 0 Å². The average molecular weight is 252 g/mol. The van der Waals surface area contributed by atoms with E-state index in [2.05, 4.69) is 36.0 Å². The van der Waals surface area contributed by atoms with Crippen LogP contribution in [-0.4, -0.2) is 40.6 Å². The standard InChI is InChI=1S/C13H24N4O/c1-6-8-17-9-7-14-11(12(17)18)15-10-13(2,3)16(4)5/h7,9H,6,8,10H2,1-5H3,(H,14,15). The molecule has 1 rings (SSSR count). The molecule has 18 heavy (non-hydrogen) atoms. The number of rotatable bonds is 6. The van der Waals surface area contributed by atoms with Gasteiger partial charge in [0.25, 0.3) is 5.56 Å². The van der Waals surface area contributed by atoms with Crippen LogP contribution in [0.25, 0.3) is 0 Å². The van der Waals surface area contributed by atoms with Gasteiger partial charge >= 0.3 is 0 Å². The minimum atomic E-state index is -0.0473. The van der Waals surface area contributed by atoms with Gasteiger partial charge in [0.05, 0.1) is 0 Å². The summed E-state index contributed by atoms with van der Waals surface area (Å²) in [5, 5.41) is 3.15. The summed E-state index contributed by atoms with van der Waals surface area (Å²) in [6.45, 7) is 7.70. The number of nitrogens with one attached hydrogen (secondary N) is 1. The van der Waals surface area contributed by atoms with Gasteiger partial charge < -0.3 is 14.8 Å². The number of hydrogen-bond acceptors (Lipinski definition) is 4. The maximum atomic E-state index is 12.1. The lowest BCUT2D eigenvalue weighted by atomic mass is 10.0. The van der Waals surface area contributed by atoms with Crippen molar-refractivity contribution >= 4 is 5.82 Å². The van der Waals surface area contributed by atoms with Crippen LogP contribution in [0, 0.1) is 0 Å². The van der Waals surface area contributed by atoms with Gasteiger partial charge in [0, 0.05) is 31.0 Å². The maximum Gasteiger partial charge on any atom is 0.293 e. The number of aryl methyl sites for hydroxylation is 1. The molecular weight excluding hydrogens is 228 g/mol. The van der Waals surface area contributed by atoms with Gasteiger partial charge in [-0.1, -0.05) is 6.92 Å². The minimum Gasteiger partial charge on any atom is -0.364 e. The fourth-order valence-electron chi connectivity index (χ4n) is 1.44. The first kappa shape index (κ1) is 14.7. The van der Waals surface area contributed by atoms with Crippen LogP contribution in [0.3, 0.4) is 0 Å². The summed E-state index contributed by atoms with van der Waals surface area (Å²) in [6, 6.07) is 0. The lowest BCUT2D eigenvalue weighted by molar-refractivity contribution is 0.210. The van der Waals surface area contributed by atoms with Crippen molar-refractivity contribution in [1.82, 2.24) is 14.5 Å². The molecule has 1 aromatic rings. The van der Waals surface area contributed by atoms with Crippen molar-refractivity contribution in [3.05, 3.63) is 22.7 Å². The Bertz CT molecular complexity index is 437. The Balaban J connectivity index is 2.80. The van der Waals surface area contributed by atoms with E-state index in [0.29, 0.717) is 12.4 Å². The van der Waals surface area contributed by atoms with Crippen LogP contribution in [0.2, 0.25) is 0 Å². The topological polar surface area (TPSA) is 50.2 Å². The Morgan fingerprint density at radius 2 is 2.11 bits per heavy atom. The summed E-state index contributed by atoms with van der Waals surface area (Å²) in [4.78, 5) is 18.3. The van der Waals surface area contributed by atoms with Crippen molar-refractivity contribution in [2.45, 2.75) is 39.3 Å². The van der Waals surface area contributed by atoms with Crippen LogP contribution in [0.5, 0.6) is 0 Å². The number of aromatic nitrogens is 2. The number of nitrogens with zero attached hydrogens (tertiary/aromatic N) is 3. The molecule has 0 saturated heterocycles.